The molecule has 78 valence electrons. The topological polar surface area (TPSA) is 49.4 Å². The molecule has 2 aliphatic rings. The van der Waals surface area contributed by atoms with E-state index in [4.69, 9.17) is 0 Å². The molecule has 1 N–H and O–H groups in total. The molecule has 2 fully saturated rings. The van der Waals surface area contributed by atoms with Gasteiger partial charge in [-0.15, -0.1) is 0 Å². The van der Waals surface area contributed by atoms with Crippen LogP contribution in [0.5, 0.6) is 0 Å². The molecule has 0 spiro atoms. The highest BCUT2D eigenvalue weighted by molar-refractivity contribution is 8.14. The minimum atomic E-state index is -0.0689. The van der Waals surface area contributed by atoms with Gasteiger partial charge < -0.3 is 5.32 Å². The van der Waals surface area contributed by atoms with Gasteiger partial charge in [0.15, 0.2) is 0 Å². The summed E-state index contributed by atoms with van der Waals surface area (Å²) in [5.74, 6) is 0.764. The van der Waals surface area contributed by atoms with Crippen LogP contribution in [0.2, 0.25) is 0 Å². The average Bonchev–Trinajstić information content (AvgIpc) is 2.51. The molecule has 0 saturated carbocycles. The van der Waals surface area contributed by atoms with Crippen LogP contribution in [0.4, 0.5) is 4.79 Å². The first-order valence-corrected chi connectivity index (χ1v) is 5.94. The Morgan fingerprint density at radius 1 is 1.50 bits per heavy atom. The monoisotopic (exact) mass is 214 g/mol. The molecular weight excluding hydrogens is 200 g/mol. The number of imide groups is 1. The van der Waals surface area contributed by atoms with Crippen molar-refractivity contribution in [1.29, 1.82) is 0 Å². The van der Waals surface area contributed by atoms with Gasteiger partial charge in [-0.1, -0.05) is 11.8 Å². The number of nitrogens with zero attached hydrogens (tertiary/aromatic N) is 1. The number of amides is 2. The second-order valence-electron chi connectivity index (χ2n) is 3.77. The number of rotatable bonds is 2. The van der Waals surface area contributed by atoms with Crippen molar-refractivity contribution in [2.75, 3.05) is 25.4 Å². The fraction of sp³-hybridized carbons (Fsp3) is 0.778. The van der Waals surface area contributed by atoms with Crippen molar-refractivity contribution in [1.82, 2.24) is 10.2 Å². The maximum atomic E-state index is 11.3. The highest BCUT2D eigenvalue weighted by Gasteiger charge is 2.31. The number of hydrogen-bond donors (Lipinski definition) is 1. The van der Waals surface area contributed by atoms with Crippen LogP contribution in [0.15, 0.2) is 0 Å². The molecule has 0 aliphatic carbocycles. The van der Waals surface area contributed by atoms with E-state index in [0.717, 1.165) is 37.7 Å². The molecule has 2 saturated heterocycles. The Morgan fingerprint density at radius 2 is 2.36 bits per heavy atom. The summed E-state index contributed by atoms with van der Waals surface area (Å²) in [5, 5.41) is 3.21. The van der Waals surface area contributed by atoms with Gasteiger partial charge in [-0.05, 0) is 31.8 Å². The number of piperidine rings is 1. The third-order valence-corrected chi connectivity index (χ3v) is 3.54. The summed E-state index contributed by atoms with van der Waals surface area (Å²) in [6.45, 7) is 2.60. The van der Waals surface area contributed by atoms with Crippen LogP contribution < -0.4 is 5.32 Å². The third-order valence-electron chi connectivity index (χ3n) is 2.68. The lowest BCUT2D eigenvalue weighted by Crippen LogP contribution is -2.40. The quantitative estimate of drug-likeness (QED) is 0.734. The number of nitrogens with one attached hydrogen (secondary N) is 1. The molecule has 0 aromatic rings. The van der Waals surface area contributed by atoms with Crippen molar-refractivity contribution in [3.05, 3.63) is 0 Å². The fourth-order valence-corrected chi connectivity index (χ4v) is 2.63. The largest absolute Gasteiger partial charge is 0.316 e. The Labute approximate surface area is 87.4 Å². The first-order valence-electron chi connectivity index (χ1n) is 4.95. The first-order chi connectivity index (χ1) is 6.77. The Hall–Kier alpha value is -0.550. The van der Waals surface area contributed by atoms with Crippen LogP contribution in [0, 0.1) is 5.92 Å². The van der Waals surface area contributed by atoms with E-state index in [2.05, 4.69) is 5.32 Å². The molecule has 2 rings (SSSR count). The first kappa shape index (κ1) is 9.98. The molecule has 5 heteroatoms. The molecule has 0 unspecified atom stereocenters. The highest BCUT2D eigenvalue weighted by Crippen LogP contribution is 2.21. The van der Waals surface area contributed by atoms with Gasteiger partial charge in [-0.2, -0.15) is 0 Å². The maximum absolute atomic E-state index is 11.3. The van der Waals surface area contributed by atoms with Crippen molar-refractivity contribution in [3.8, 4) is 0 Å². The van der Waals surface area contributed by atoms with E-state index in [0.29, 0.717) is 18.2 Å². The number of thioether (sulfide) groups is 1. The molecule has 0 aromatic carbocycles. The third kappa shape index (κ3) is 2.09. The predicted molar refractivity (Wildman–Crippen MR) is 55.2 cm³/mol. The minimum absolute atomic E-state index is 0.0226. The van der Waals surface area contributed by atoms with Gasteiger partial charge in [0.1, 0.15) is 0 Å². The zero-order valence-corrected chi connectivity index (χ0v) is 8.81. The Bertz CT molecular complexity index is 235. The molecule has 4 nitrogen and oxygen atoms in total. The Balaban J connectivity index is 1.89. The van der Waals surface area contributed by atoms with Crippen LogP contribution in [-0.2, 0) is 4.79 Å². The summed E-state index contributed by atoms with van der Waals surface area (Å²) in [7, 11) is 0. The fourth-order valence-electron chi connectivity index (χ4n) is 1.90. The van der Waals surface area contributed by atoms with Crippen molar-refractivity contribution < 1.29 is 9.59 Å². The van der Waals surface area contributed by atoms with Crippen molar-refractivity contribution >= 4 is 22.9 Å². The molecule has 2 amide bonds. The summed E-state index contributed by atoms with van der Waals surface area (Å²) < 4.78 is 0. The summed E-state index contributed by atoms with van der Waals surface area (Å²) >= 11 is 1.12. The van der Waals surface area contributed by atoms with Gasteiger partial charge in [-0.3, -0.25) is 14.5 Å². The molecule has 0 radical (unpaired) electrons. The van der Waals surface area contributed by atoms with Crippen molar-refractivity contribution in [2.24, 2.45) is 5.92 Å². The molecule has 14 heavy (non-hydrogen) atoms. The molecule has 0 bridgehead atoms. The number of carbonyl (C=O) groups is 2. The minimum Gasteiger partial charge on any atom is -0.316 e. The van der Waals surface area contributed by atoms with Crippen LogP contribution in [0.1, 0.15) is 12.8 Å². The second-order valence-corrected chi connectivity index (χ2v) is 4.70. The van der Waals surface area contributed by atoms with Gasteiger partial charge in [0.2, 0.25) is 5.91 Å². The zero-order valence-electron chi connectivity index (χ0n) is 7.99. The maximum Gasteiger partial charge on any atom is 0.288 e. The lowest BCUT2D eigenvalue weighted by Gasteiger charge is -2.25. The van der Waals surface area contributed by atoms with E-state index >= 15 is 0 Å². The van der Waals surface area contributed by atoms with Gasteiger partial charge in [0.05, 0.1) is 5.75 Å². The molecule has 2 aliphatic heterocycles. The molecule has 2 heterocycles. The highest BCUT2D eigenvalue weighted by atomic mass is 32.2. The molecular formula is C9H14N2O2S. The lowest BCUT2D eigenvalue weighted by atomic mass is 9.99. The number of carbonyl (C=O) groups excluding carboxylic acids is 2. The van der Waals surface area contributed by atoms with E-state index < -0.39 is 0 Å². The lowest BCUT2D eigenvalue weighted by molar-refractivity contribution is -0.125. The standard InChI is InChI=1S/C9H14N2O2S/c12-8-6-14-9(13)11(8)5-7-2-1-3-10-4-7/h7,10H,1-6H2/t7-/m0/s1. The van der Waals surface area contributed by atoms with Crippen LogP contribution in [-0.4, -0.2) is 41.4 Å². The van der Waals surface area contributed by atoms with E-state index in [9.17, 15) is 9.59 Å². The molecule has 0 aromatic heterocycles. The summed E-state index contributed by atoms with van der Waals surface area (Å²) in [5.41, 5.74) is 0. The normalized spacial score (nSPS) is 28.6. The zero-order chi connectivity index (χ0) is 9.97. The molecule has 1 atom stereocenters. The van der Waals surface area contributed by atoms with E-state index in [1.165, 1.54) is 4.90 Å². The summed E-state index contributed by atoms with van der Waals surface area (Å²) in [6.07, 6.45) is 2.27. The van der Waals surface area contributed by atoms with E-state index in [1.54, 1.807) is 0 Å². The van der Waals surface area contributed by atoms with Crippen LogP contribution in [0.25, 0.3) is 0 Å². The second kappa shape index (κ2) is 4.31. The van der Waals surface area contributed by atoms with Gasteiger partial charge >= 0.3 is 0 Å². The number of hydrogen-bond acceptors (Lipinski definition) is 4. The predicted octanol–water partition coefficient (Wildman–Crippen LogP) is 0.681. The Morgan fingerprint density at radius 3 is 2.93 bits per heavy atom. The summed E-state index contributed by atoms with van der Waals surface area (Å²) in [4.78, 5) is 24.0. The van der Waals surface area contributed by atoms with E-state index in [1.807, 2.05) is 0 Å². The van der Waals surface area contributed by atoms with Gasteiger partial charge in [0, 0.05) is 6.54 Å². The average molecular weight is 214 g/mol. The van der Waals surface area contributed by atoms with Gasteiger partial charge in [-0.25, -0.2) is 0 Å². The van der Waals surface area contributed by atoms with Crippen molar-refractivity contribution in [3.63, 3.8) is 0 Å². The summed E-state index contributed by atoms with van der Waals surface area (Å²) in [6, 6.07) is 0. The Kier molecular flexibility index (Phi) is 3.08. The smallest absolute Gasteiger partial charge is 0.288 e. The van der Waals surface area contributed by atoms with Crippen LogP contribution >= 0.6 is 11.8 Å². The van der Waals surface area contributed by atoms with E-state index in [-0.39, 0.29) is 11.1 Å². The SMILES string of the molecule is O=C1CSC(=O)N1C[C@H]1CCCNC1. The van der Waals surface area contributed by atoms with Gasteiger partial charge in [0.25, 0.3) is 5.24 Å². The van der Waals surface area contributed by atoms with Crippen molar-refractivity contribution in [2.45, 2.75) is 12.8 Å². The van der Waals surface area contributed by atoms with Crippen LogP contribution in [0.3, 0.4) is 0 Å².